The van der Waals surface area contributed by atoms with Gasteiger partial charge in [-0.15, -0.1) is 12.4 Å². The summed E-state index contributed by atoms with van der Waals surface area (Å²) in [5, 5.41) is 15.8. The number of para-hydroxylation sites is 1. The van der Waals surface area contributed by atoms with Crippen molar-refractivity contribution in [2.45, 2.75) is 31.8 Å². The van der Waals surface area contributed by atoms with Crippen molar-refractivity contribution in [1.82, 2.24) is 5.32 Å². The number of amides is 1. The van der Waals surface area contributed by atoms with E-state index in [1.165, 1.54) is 12.8 Å². The van der Waals surface area contributed by atoms with Gasteiger partial charge in [0.2, 0.25) is 5.91 Å². The predicted molar refractivity (Wildman–Crippen MR) is 83.2 cm³/mol. The molecule has 0 heterocycles. The van der Waals surface area contributed by atoms with E-state index >= 15 is 0 Å². The minimum absolute atomic E-state index is 0. The number of hydrogen-bond donors (Lipinski definition) is 3. The van der Waals surface area contributed by atoms with E-state index in [1.807, 2.05) is 30.3 Å². The van der Waals surface area contributed by atoms with Crippen LogP contribution in [0, 0.1) is 5.92 Å². The monoisotopic (exact) mass is 298 g/mol. The van der Waals surface area contributed by atoms with E-state index in [4.69, 9.17) is 0 Å². The number of rotatable bonds is 6. The molecule has 1 fully saturated rings. The molecule has 0 saturated heterocycles. The first-order chi connectivity index (χ1) is 9.25. The molecule has 2 rings (SSSR count). The molecule has 0 radical (unpaired) electrons. The zero-order chi connectivity index (χ0) is 13.5. The van der Waals surface area contributed by atoms with E-state index in [1.54, 1.807) is 0 Å². The summed E-state index contributed by atoms with van der Waals surface area (Å²) in [6.45, 7) is 0.599. The highest BCUT2D eigenvalue weighted by atomic mass is 35.5. The van der Waals surface area contributed by atoms with Gasteiger partial charge in [0.25, 0.3) is 0 Å². The molecule has 1 aromatic rings. The number of aliphatic hydroxyl groups is 1. The molecular weight excluding hydrogens is 276 g/mol. The topological polar surface area (TPSA) is 61.4 Å². The van der Waals surface area contributed by atoms with Crippen molar-refractivity contribution in [3.05, 3.63) is 30.3 Å². The Morgan fingerprint density at radius 2 is 1.90 bits per heavy atom. The van der Waals surface area contributed by atoms with Crippen LogP contribution in [0.4, 0.5) is 5.69 Å². The number of benzene rings is 1. The molecule has 4 nitrogen and oxygen atoms in total. The Kier molecular flexibility index (Phi) is 7.41. The van der Waals surface area contributed by atoms with E-state index in [9.17, 15) is 9.90 Å². The van der Waals surface area contributed by atoms with Crippen molar-refractivity contribution in [3.8, 4) is 0 Å². The number of nitrogens with one attached hydrogen (secondary N) is 2. The van der Waals surface area contributed by atoms with Crippen molar-refractivity contribution in [1.29, 1.82) is 0 Å². The number of halogens is 1. The maximum atomic E-state index is 11.7. The van der Waals surface area contributed by atoms with Gasteiger partial charge in [-0.25, -0.2) is 0 Å². The molecule has 0 spiro atoms. The smallest absolute Gasteiger partial charge is 0.239 e. The van der Waals surface area contributed by atoms with Crippen molar-refractivity contribution in [2.24, 2.45) is 5.92 Å². The average molecular weight is 299 g/mol. The van der Waals surface area contributed by atoms with E-state index in [-0.39, 0.29) is 24.9 Å². The van der Waals surface area contributed by atoms with Crippen LogP contribution in [0.25, 0.3) is 0 Å². The summed E-state index contributed by atoms with van der Waals surface area (Å²) in [6, 6.07) is 9.61. The highest BCUT2D eigenvalue weighted by Crippen LogP contribution is 2.27. The minimum atomic E-state index is -0.400. The van der Waals surface area contributed by atoms with Gasteiger partial charge in [-0.1, -0.05) is 31.0 Å². The Morgan fingerprint density at radius 3 is 2.55 bits per heavy atom. The lowest BCUT2D eigenvalue weighted by Gasteiger charge is -2.18. The second-order valence-corrected chi connectivity index (χ2v) is 5.14. The van der Waals surface area contributed by atoms with Crippen LogP contribution >= 0.6 is 12.4 Å². The van der Waals surface area contributed by atoms with Crippen LogP contribution in [0.2, 0.25) is 0 Å². The molecule has 1 unspecified atom stereocenters. The number of anilines is 1. The Bertz CT molecular complexity index is 394. The molecule has 0 aromatic heterocycles. The van der Waals surface area contributed by atoms with Crippen LogP contribution < -0.4 is 10.6 Å². The molecule has 1 aromatic carbocycles. The molecule has 1 amide bonds. The Hall–Kier alpha value is -1.26. The SMILES string of the molecule is Cl.O=C(CNc1ccccc1)NCC(O)C1CCCC1. The zero-order valence-electron chi connectivity index (χ0n) is 11.5. The van der Waals surface area contributed by atoms with Gasteiger partial charge in [-0.3, -0.25) is 4.79 Å². The first kappa shape index (κ1) is 16.8. The Labute approximate surface area is 126 Å². The van der Waals surface area contributed by atoms with Gasteiger partial charge in [-0.2, -0.15) is 0 Å². The molecule has 112 valence electrons. The molecule has 0 bridgehead atoms. The first-order valence-corrected chi connectivity index (χ1v) is 6.99. The van der Waals surface area contributed by atoms with Gasteiger partial charge in [0, 0.05) is 12.2 Å². The van der Waals surface area contributed by atoms with Crippen LogP contribution in [0.1, 0.15) is 25.7 Å². The summed E-state index contributed by atoms with van der Waals surface area (Å²) in [4.78, 5) is 11.7. The lowest BCUT2D eigenvalue weighted by Crippen LogP contribution is -2.38. The first-order valence-electron chi connectivity index (χ1n) is 6.99. The molecule has 1 atom stereocenters. The zero-order valence-corrected chi connectivity index (χ0v) is 12.4. The summed E-state index contributed by atoms with van der Waals surface area (Å²) >= 11 is 0. The van der Waals surface area contributed by atoms with Gasteiger partial charge in [-0.05, 0) is 30.9 Å². The van der Waals surface area contributed by atoms with Gasteiger partial charge in [0.15, 0.2) is 0 Å². The van der Waals surface area contributed by atoms with Gasteiger partial charge in [0.05, 0.1) is 12.6 Å². The van der Waals surface area contributed by atoms with Crippen molar-refractivity contribution in [3.63, 3.8) is 0 Å². The van der Waals surface area contributed by atoms with Crippen LogP contribution in [0.5, 0.6) is 0 Å². The molecule has 3 N–H and O–H groups in total. The fourth-order valence-corrected chi connectivity index (χ4v) is 2.53. The van der Waals surface area contributed by atoms with Crippen molar-refractivity contribution >= 4 is 24.0 Å². The fourth-order valence-electron chi connectivity index (χ4n) is 2.53. The summed E-state index contributed by atoms with van der Waals surface area (Å²) < 4.78 is 0. The third-order valence-corrected chi connectivity index (χ3v) is 3.68. The third kappa shape index (κ3) is 5.39. The maximum Gasteiger partial charge on any atom is 0.239 e. The van der Waals surface area contributed by atoms with Crippen molar-refractivity contribution in [2.75, 3.05) is 18.4 Å². The summed E-state index contributed by atoms with van der Waals surface area (Å²) in [5.74, 6) is 0.281. The predicted octanol–water partition coefficient (Wildman–Crippen LogP) is 2.19. The molecule has 1 saturated carbocycles. The largest absolute Gasteiger partial charge is 0.391 e. The number of hydrogen-bond acceptors (Lipinski definition) is 3. The number of carbonyl (C=O) groups excluding carboxylic acids is 1. The van der Waals surface area contributed by atoms with Gasteiger partial charge in [0.1, 0.15) is 0 Å². The summed E-state index contributed by atoms with van der Waals surface area (Å²) in [5.41, 5.74) is 0.925. The molecule has 20 heavy (non-hydrogen) atoms. The Morgan fingerprint density at radius 1 is 1.25 bits per heavy atom. The van der Waals surface area contributed by atoms with Crippen LogP contribution in [-0.2, 0) is 4.79 Å². The van der Waals surface area contributed by atoms with E-state index in [0.29, 0.717) is 12.5 Å². The molecule has 5 heteroatoms. The number of carbonyl (C=O) groups is 1. The van der Waals surface area contributed by atoms with Crippen molar-refractivity contribution < 1.29 is 9.90 Å². The highest BCUT2D eigenvalue weighted by Gasteiger charge is 2.23. The normalized spacial score (nSPS) is 16.2. The maximum absolute atomic E-state index is 11.7. The van der Waals surface area contributed by atoms with Crippen LogP contribution in [-0.4, -0.2) is 30.2 Å². The summed E-state index contributed by atoms with van der Waals surface area (Å²) in [7, 11) is 0. The van der Waals surface area contributed by atoms with E-state index in [2.05, 4.69) is 10.6 Å². The average Bonchev–Trinajstić information content (AvgIpc) is 2.98. The molecule has 0 aliphatic heterocycles. The molecule has 1 aliphatic rings. The van der Waals surface area contributed by atoms with E-state index in [0.717, 1.165) is 18.5 Å². The van der Waals surface area contributed by atoms with Crippen LogP contribution in [0.3, 0.4) is 0 Å². The Balaban J connectivity index is 0.00000200. The van der Waals surface area contributed by atoms with Gasteiger partial charge >= 0.3 is 0 Å². The van der Waals surface area contributed by atoms with Crippen LogP contribution in [0.15, 0.2) is 30.3 Å². The van der Waals surface area contributed by atoms with Gasteiger partial charge < -0.3 is 15.7 Å². The highest BCUT2D eigenvalue weighted by molar-refractivity contribution is 5.85. The second kappa shape index (κ2) is 8.82. The minimum Gasteiger partial charge on any atom is -0.391 e. The second-order valence-electron chi connectivity index (χ2n) is 5.14. The molecular formula is C15H23ClN2O2. The fraction of sp³-hybridized carbons (Fsp3) is 0.533. The third-order valence-electron chi connectivity index (χ3n) is 3.68. The standard InChI is InChI=1S/C15H22N2O2.ClH/c18-14(12-6-4-5-7-12)10-17-15(19)11-16-13-8-2-1-3-9-13;/h1-3,8-9,12,14,16,18H,4-7,10-11H2,(H,17,19);1H. The summed E-state index contributed by atoms with van der Waals surface area (Å²) in [6.07, 6.45) is 4.16. The lowest BCUT2D eigenvalue weighted by atomic mass is 10.0. The molecule has 1 aliphatic carbocycles. The number of aliphatic hydroxyl groups excluding tert-OH is 1. The van der Waals surface area contributed by atoms with E-state index < -0.39 is 6.10 Å². The quantitative estimate of drug-likeness (QED) is 0.754. The lowest BCUT2D eigenvalue weighted by molar-refractivity contribution is -0.120.